The second kappa shape index (κ2) is 8.49. The van der Waals surface area contributed by atoms with E-state index in [1.54, 1.807) is 54.5 Å². The lowest BCUT2D eigenvalue weighted by atomic mass is 10.1. The summed E-state index contributed by atoms with van der Waals surface area (Å²) in [5, 5.41) is 3.20. The van der Waals surface area contributed by atoms with Gasteiger partial charge in [0.05, 0.1) is 24.7 Å². The van der Waals surface area contributed by atoms with E-state index >= 15 is 0 Å². The highest BCUT2D eigenvalue weighted by Crippen LogP contribution is 2.25. The lowest BCUT2D eigenvalue weighted by Gasteiger charge is -2.18. The van der Waals surface area contributed by atoms with Gasteiger partial charge in [-0.15, -0.1) is 0 Å². The summed E-state index contributed by atoms with van der Waals surface area (Å²) in [4.78, 5) is 30.2. The van der Waals surface area contributed by atoms with Crippen LogP contribution in [0, 0.1) is 0 Å². The summed E-state index contributed by atoms with van der Waals surface area (Å²) in [6.07, 6.45) is 3.11. The number of pyridine rings is 1. The number of aromatic nitrogens is 2. The Morgan fingerprint density at radius 3 is 2.42 bits per heavy atom. The van der Waals surface area contributed by atoms with Gasteiger partial charge >= 0.3 is 6.09 Å². The van der Waals surface area contributed by atoms with Crippen molar-refractivity contribution in [2.45, 2.75) is 0 Å². The standard InChI is InChI=1S/C23H19ClN4O3/c1-27(22(29)16-3-7-17(24)8-4-16)19-11-12-21-25-13-20(28(21)14-19)15-5-9-18(10-6-15)26-23(30)31-2/h3-14H,1-2H3,(H,26,30). The number of nitrogens with one attached hydrogen (secondary N) is 1. The van der Waals surface area contributed by atoms with E-state index in [2.05, 4.69) is 15.0 Å². The molecule has 156 valence electrons. The first-order valence-electron chi connectivity index (χ1n) is 9.42. The van der Waals surface area contributed by atoms with Crippen LogP contribution in [0.2, 0.25) is 5.02 Å². The van der Waals surface area contributed by atoms with Crippen molar-refractivity contribution in [3.8, 4) is 11.3 Å². The summed E-state index contributed by atoms with van der Waals surface area (Å²) in [5.74, 6) is -0.143. The van der Waals surface area contributed by atoms with Crippen molar-refractivity contribution in [3.63, 3.8) is 0 Å². The minimum absolute atomic E-state index is 0.143. The minimum atomic E-state index is -0.527. The van der Waals surface area contributed by atoms with Gasteiger partial charge in [0, 0.05) is 35.1 Å². The quantitative estimate of drug-likeness (QED) is 0.484. The van der Waals surface area contributed by atoms with Gasteiger partial charge < -0.3 is 9.64 Å². The maximum absolute atomic E-state index is 12.8. The zero-order valence-electron chi connectivity index (χ0n) is 16.9. The smallest absolute Gasteiger partial charge is 0.411 e. The molecular formula is C23H19ClN4O3. The number of imidazole rings is 1. The largest absolute Gasteiger partial charge is 0.453 e. The lowest BCUT2D eigenvalue weighted by molar-refractivity contribution is 0.0993. The normalized spacial score (nSPS) is 10.7. The van der Waals surface area contributed by atoms with Crippen LogP contribution >= 0.6 is 11.6 Å². The molecule has 2 heterocycles. The number of nitrogens with zero attached hydrogens (tertiary/aromatic N) is 3. The van der Waals surface area contributed by atoms with Crippen LogP contribution in [0.1, 0.15) is 10.4 Å². The molecule has 0 saturated carbocycles. The van der Waals surface area contributed by atoms with Crippen molar-refractivity contribution in [1.29, 1.82) is 0 Å². The van der Waals surface area contributed by atoms with Crippen LogP contribution in [-0.4, -0.2) is 35.5 Å². The Hall–Kier alpha value is -3.84. The van der Waals surface area contributed by atoms with Crippen LogP contribution < -0.4 is 10.2 Å². The van der Waals surface area contributed by atoms with Crippen molar-refractivity contribution in [3.05, 3.63) is 83.6 Å². The second-order valence-electron chi connectivity index (χ2n) is 6.82. The third-order valence-electron chi connectivity index (χ3n) is 4.89. The number of ether oxygens (including phenoxy) is 1. The fraction of sp³-hybridized carbons (Fsp3) is 0.0870. The van der Waals surface area contributed by atoms with Crippen molar-refractivity contribution in [2.24, 2.45) is 0 Å². The highest BCUT2D eigenvalue weighted by Gasteiger charge is 2.15. The monoisotopic (exact) mass is 434 g/mol. The molecule has 0 radical (unpaired) electrons. The van der Waals surface area contributed by atoms with Gasteiger partial charge in [-0.05, 0) is 48.5 Å². The third kappa shape index (κ3) is 4.22. The van der Waals surface area contributed by atoms with E-state index in [9.17, 15) is 9.59 Å². The molecule has 0 saturated heterocycles. The van der Waals surface area contributed by atoms with Crippen LogP contribution in [0.25, 0.3) is 16.9 Å². The van der Waals surface area contributed by atoms with Crippen molar-refractivity contribution >= 4 is 40.6 Å². The number of hydrogen-bond donors (Lipinski definition) is 1. The number of hydrogen-bond acceptors (Lipinski definition) is 4. The molecule has 0 aliphatic carbocycles. The van der Waals surface area contributed by atoms with Gasteiger partial charge in [-0.3, -0.25) is 14.5 Å². The molecule has 4 aromatic rings. The Bertz CT molecular complexity index is 1250. The number of rotatable bonds is 4. The molecule has 0 spiro atoms. The average molecular weight is 435 g/mol. The van der Waals surface area contributed by atoms with Crippen molar-refractivity contribution in [2.75, 3.05) is 24.4 Å². The van der Waals surface area contributed by atoms with E-state index in [0.29, 0.717) is 16.3 Å². The topological polar surface area (TPSA) is 75.9 Å². The Morgan fingerprint density at radius 2 is 1.74 bits per heavy atom. The van der Waals surface area contributed by atoms with E-state index in [-0.39, 0.29) is 5.91 Å². The van der Waals surface area contributed by atoms with E-state index in [4.69, 9.17) is 11.6 Å². The number of anilines is 2. The predicted octanol–water partition coefficient (Wildman–Crippen LogP) is 5.11. The van der Waals surface area contributed by atoms with Gasteiger partial charge in [0.1, 0.15) is 5.65 Å². The highest BCUT2D eigenvalue weighted by atomic mass is 35.5. The Morgan fingerprint density at radius 1 is 1.03 bits per heavy atom. The molecule has 8 heteroatoms. The first-order valence-corrected chi connectivity index (χ1v) is 9.80. The van der Waals surface area contributed by atoms with E-state index in [0.717, 1.165) is 22.6 Å². The van der Waals surface area contributed by atoms with Gasteiger partial charge in [0.25, 0.3) is 5.91 Å². The summed E-state index contributed by atoms with van der Waals surface area (Å²) in [5.41, 5.74) is 4.41. The summed E-state index contributed by atoms with van der Waals surface area (Å²) in [6, 6.07) is 17.8. The summed E-state index contributed by atoms with van der Waals surface area (Å²) in [7, 11) is 3.04. The Balaban J connectivity index is 1.64. The molecule has 2 aromatic carbocycles. The zero-order valence-corrected chi connectivity index (χ0v) is 17.6. The molecule has 0 bridgehead atoms. The minimum Gasteiger partial charge on any atom is -0.453 e. The van der Waals surface area contributed by atoms with Crippen LogP contribution in [0.15, 0.2) is 73.1 Å². The highest BCUT2D eigenvalue weighted by molar-refractivity contribution is 6.30. The zero-order chi connectivity index (χ0) is 22.0. The number of benzene rings is 2. The number of carbonyl (C=O) groups excluding carboxylic acids is 2. The molecule has 2 amide bonds. The lowest BCUT2D eigenvalue weighted by Crippen LogP contribution is -2.26. The molecule has 31 heavy (non-hydrogen) atoms. The maximum atomic E-state index is 12.8. The molecule has 0 unspecified atom stereocenters. The van der Waals surface area contributed by atoms with Gasteiger partial charge in [0.15, 0.2) is 0 Å². The molecule has 0 fully saturated rings. The van der Waals surface area contributed by atoms with E-state index in [1.807, 2.05) is 34.9 Å². The molecule has 0 aliphatic rings. The number of carbonyl (C=O) groups is 2. The SMILES string of the molecule is COC(=O)Nc1ccc(-c2cnc3ccc(N(C)C(=O)c4ccc(Cl)cc4)cn23)cc1. The van der Waals surface area contributed by atoms with Gasteiger partial charge in [-0.2, -0.15) is 0 Å². The van der Waals surface area contributed by atoms with Crippen LogP contribution in [0.3, 0.4) is 0 Å². The molecule has 7 nitrogen and oxygen atoms in total. The third-order valence-corrected chi connectivity index (χ3v) is 5.14. The average Bonchev–Trinajstić information content (AvgIpc) is 3.22. The Kier molecular flexibility index (Phi) is 5.60. The number of amides is 2. The predicted molar refractivity (Wildman–Crippen MR) is 121 cm³/mol. The number of fused-ring (bicyclic) bond motifs is 1. The fourth-order valence-corrected chi connectivity index (χ4v) is 3.30. The van der Waals surface area contributed by atoms with Crippen LogP contribution in [0.5, 0.6) is 0 Å². The van der Waals surface area contributed by atoms with Gasteiger partial charge in [0.2, 0.25) is 0 Å². The summed E-state index contributed by atoms with van der Waals surface area (Å²) < 4.78 is 6.52. The maximum Gasteiger partial charge on any atom is 0.411 e. The van der Waals surface area contributed by atoms with Crippen LogP contribution in [0.4, 0.5) is 16.2 Å². The molecule has 4 rings (SSSR count). The second-order valence-corrected chi connectivity index (χ2v) is 7.26. The summed E-state index contributed by atoms with van der Waals surface area (Å²) >= 11 is 5.92. The first-order chi connectivity index (χ1) is 15.0. The fourth-order valence-electron chi connectivity index (χ4n) is 3.18. The molecule has 1 N–H and O–H groups in total. The number of halogens is 1. The van der Waals surface area contributed by atoms with E-state index < -0.39 is 6.09 Å². The molecule has 0 aliphatic heterocycles. The first kappa shape index (κ1) is 20.4. The van der Waals surface area contributed by atoms with Gasteiger partial charge in [-0.25, -0.2) is 9.78 Å². The molecular weight excluding hydrogens is 416 g/mol. The number of methoxy groups -OCH3 is 1. The van der Waals surface area contributed by atoms with Crippen LogP contribution in [-0.2, 0) is 4.74 Å². The molecule has 2 aromatic heterocycles. The van der Waals surface area contributed by atoms with Crippen molar-refractivity contribution in [1.82, 2.24) is 9.38 Å². The van der Waals surface area contributed by atoms with E-state index in [1.165, 1.54) is 7.11 Å². The van der Waals surface area contributed by atoms with Crippen molar-refractivity contribution < 1.29 is 14.3 Å². The molecule has 0 atom stereocenters. The van der Waals surface area contributed by atoms with Gasteiger partial charge in [-0.1, -0.05) is 23.7 Å². The Labute approximate surface area is 183 Å². The summed E-state index contributed by atoms with van der Waals surface area (Å²) in [6.45, 7) is 0.